The molecule has 3 rings (SSSR count). The van der Waals surface area contributed by atoms with E-state index in [-0.39, 0.29) is 0 Å². The van der Waals surface area contributed by atoms with Gasteiger partial charge in [-0.05, 0) is 18.2 Å². The third-order valence-electron chi connectivity index (χ3n) is 1.96. The molecular weight excluding hydrogens is 158 g/mol. The molecule has 2 heteroatoms. The lowest BCUT2D eigenvalue weighted by Gasteiger charge is -1.88. The van der Waals surface area contributed by atoms with Gasteiger partial charge in [0.15, 0.2) is 0 Å². The van der Waals surface area contributed by atoms with Crippen molar-refractivity contribution in [2.75, 3.05) is 0 Å². The minimum Gasteiger partial charge on any atom is -0.248 e. The molecular formula is C9H4ClN. The van der Waals surface area contributed by atoms with Crippen molar-refractivity contribution in [3.63, 3.8) is 0 Å². The second kappa shape index (κ2) is 1.56. The zero-order valence-electron chi connectivity index (χ0n) is 5.63. The highest BCUT2D eigenvalue weighted by Gasteiger charge is 2.18. The lowest BCUT2D eigenvalue weighted by molar-refractivity contribution is 1.52. The zero-order valence-corrected chi connectivity index (χ0v) is 6.39. The van der Waals surface area contributed by atoms with Gasteiger partial charge in [0.2, 0.25) is 0 Å². The lowest BCUT2D eigenvalue weighted by atomic mass is 10.2. The molecule has 0 N–H and O–H groups in total. The van der Waals surface area contributed by atoms with E-state index in [0.29, 0.717) is 0 Å². The molecule has 1 heterocycles. The van der Waals surface area contributed by atoms with Gasteiger partial charge in [0.1, 0.15) is 0 Å². The fourth-order valence-electron chi connectivity index (χ4n) is 1.36. The highest BCUT2D eigenvalue weighted by atomic mass is 35.5. The van der Waals surface area contributed by atoms with E-state index < -0.39 is 0 Å². The van der Waals surface area contributed by atoms with Crippen LogP contribution in [0.2, 0.25) is 5.02 Å². The van der Waals surface area contributed by atoms with Crippen LogP contribution < -0.4 is 0 Å². The van der Waals surface area contributed by atoms with Crippen LogP contribution in [0.4, 0.5) is 0 Å². The van der Waals surface area contributed by atoms with Crippen LogP contribution >= 0.6 is 11.6 Å². The predicted molar refractivity (Wildman–Crippen MR) is 45.7 cm³/mol. The van der Waals surface area contributed by atoms with Gasteiger partial charge in [-0.15, -0.1) is 0 Å². The van der Waals surface area contributed by atoms with E-state index in [0.717, 1.165) is 16.2 Å². The minimum absolute atomic E-state index is 0.759. The van der Waals surface area contributed by atoms with Gasteiger partial charge in [0.25, 0.3) is 0 Å². The van der Waals surface area contributed by atoms with Crippen molar-refractivity contribution in [2.45, 2.75) is 0 Å². The zero-order chi connectivity index (χ0) is 7.42. The number of nitrogens with zero attached hydrogens (tertiary/aromatic N) is 1. The van der Waals surface area contributed by atoms with E-state index in [2.05, 4.69) is 11.1 Å². The van der Waals surface area contributed by atoms with Gasteiger partial charge in [0, 0.05) is 16.0 Å². The Morgan fingerprint density at radius 1 is 1.18 bits per heavy atom. The van der Waals surface area contributed by atoms with Gasteiger partial charge in [-0.2, -0.15) is 0 Å². The summed E-state index contributed by atoms with van der Waals surface area (Å²) in [4.78, 5) is 4.33. The lowest BCUT2D eigenvalue weighted by Crippen LogP contribution is -1.67. The summed E-state index contributed by atoms with van der Waals surface area (Å²) >= 11 is 5.80. The summed E-state index contributed by atoms with van der Waals surface area (Å²) in [5, 5.41) is 1.99. The van der Waals surface area contributed by atoms with Crippen LogP contribution in [0.5, 0.6) is 0 Å². The van der Waals surface area contributed by atoms with E-state index in [1.165, 1.54) is 10.9 Å². The second-order valence-corrected chi connectivity index (χ2v) is 3.15. The first-order valence-corrected chi connectivity index (χ1v) is 3.83. The standard InChI is InChI=1S/C9H4ClN/c10-5-1-2-6-7-4-9(7)11-8(6)3-5/h1-4H. The van der Waals surface area contributed by atoms with Crippen LogP contribution in [0.15, 0.2) is 24.3 Å². The van der Waals surface area contributed by atoms with Crippen molar-refractivity contribution in [1.82, 2.24) is 4.98 Å². The SMILES string of the molecule is Clc1ccc2c3cc-3nc2c1. The molecule has 2 aliphatic rings. The number of rotatable bonds is 0. The van der Waals surface area contributed by atoms with Crippen LogP contribution in [0.25, 0.3) is 22.2 Å². The Morgan fingerprint density at radius 3 is 3.00 bits per heavy atom. The molecule has 0 unspecified atom stereocenters. The number of halogens is 1. The molecule has 0 atom stereocenters. The Balaban J connectivity index is 2.52. The van der Waals surface area contributed by atoms with E-state index >= 15 is 0 Å². The minimum atomic E-state index is 0.759. The summed E-state index contributed by atoms with van der Waals surface area (Å²) in [6.07, 6.45) is 0. The van der Waals surface area contributed by atoms with Crippen molar-refractivity contribution < 1.29 is 0 Å². The van der Waals surface area contributed by atoms with Crippen molar-refractivity contribution in [3.05, 3.63) is 29.3 Å². The molecule has 0 amide bonds. The third-order valence-corrected chi connectivity index (χ3v) is 2.20. The van der Waals surface area contributed by atoms with E-state index in [4.69, 9.17) is 11.6 Å². The first-order chi connectivity index (χ1) is 5.34. The third kappa shape index (κ3) is 0.636. The summed E-state index contributed by atoms with van der Waals surface area (Å²) in [6.45, 7) is 0. The van der Waals surface area contributed by atoms with Crippen molar-refractivity contribution in [1.29, 1.82) is 0 Å². The Hall–Kier alpha value is -1.08. The molecule has 0 fully saturated rings. The Kier molecular flexibility index (Phi) is 0.789. The van der Waals surface area contributed by atoms with Gasteiger partial charge in [-0.3, -0.25) is 0 Å². The molecule has 0 spiro atoms. The first kappa shape index (κ1) is 5.56. The maximum absolute atomic E-state index is 5.80. The van der Waals surface area contributed by atoms with Crippen LogP contribution in [0, 0.1) is 0 Å². The predicted octanol–water partition coefficient (Wildman–Crippen LogP) is 2.87. The molecule has 1 aliphatic heterocycles. The maximum atomic E-state index is 5.80. The van der Waals surface area contributed by atoms with Gasteiger partial charge in [0.05, 0.1) is 11.2 Å². The molecule has 0 saturated heterocycles. The molecule has 0 aromatic heterocycles. The van der Waals surface area contributed by atoms with Crippen LogP contribution in [0.1, 0.15) is 0 Å². The molecule has 11 heavy (non-hydrogen) atoms. The molecule has 0 radical (unpaired) electrons. The fourth-order valence-corrected chi connectivity index (χ4v) is 1.53. The number of fused-ring (bicyclic) bond motifs is 3. The summed E-state index contributed by atoms with van der Waals surface area (Å²) in [6, 6.07) is 7.90. The number of hydrogen-bond donors (Lipinski definition) is 0. The van der Waals surface area contributed by atoms with Gasteiger partial charge >= 0.3 is 0 Å². The van der Waals surface area contributed by atoms with E-state index in [1.54, 1.807) is 0 Å². The largest absolute Gasteiger partial charge is 0.248 e. The quantitative estimate of drug-likeness (QED) is 0.494. The molecule has 0 saturated carbocycles. The van der Waals surface area contributed by atoms with Crippen LogP contribution in [-0.2, 0) is 0 Å². The van der Waals surface area contributed by atoms with Gasteiger partial charge < -0.3 is 0 Å². The Labute approximate surface area is 68.6 Å². The Morgan fingerprint density at radius 2 is 2.09 bits per heavy atom. The smallest absolute Gasteiger partial charge is 0.0731 e. The topological polar surface area (TPSA) is 12.9 Å². The first-order valence-electron chi connectivity index (χ1n) is 3.45. The highest BCUT2D eigenvalue weighted by Crippen LogP contribution is 2.40. The van der Waals surface area contributed by atoms with Crippen LogP contribution in [0.3, 0.4) is 0 Å². The molecule has 52 valence electrons. The molecule has 1 aliphatic carbocycles. The van der Waals surface area contributed by atoms with Crippen molar-refractivity contribution in [2.24, 2.45) is 0 Å². The second-order valence-electron chi connectivity index (χ2n) is 2.72. The molecule has 1 aromatic rings. The average Bonchev–Trinajstić information content (AvgIpc) is 2.63. The van der Waals surface area contributed by atoms with Crippen molar-refractivity contribution >= 4 is 22.5 Å². The summed E-state index contributed by atoms with van der Waals surface area (Å²) in [5.74, 6) is 0. The normalized spacial score (nSPS) is 12.1. The van der Waals surface area contributed by atoms with Crippen LogP contribution in [-0.4, -0.2) is 4.98 Å². The number of pyridine rings is 1. The maximum Gasteiger partial charge on any atom is 0.0731 e. The monoisotopic (exact) mass is 161 g/mol. The number of benzene rings is 1. The summed E-state index contributed by atoms with van der Waals surface area (Å²) in [7, 11) is 0. The van der Waals surface area contributed by atoms with Gasteiger partial charge in [-0.25, -0.2) is 4.98 Å². The van der Waals surface area contributed by atoms with Crippen molar-refractivity contribution in [3.8, 4) is 11.3 Å². The molecule has 1 aromatic carbocycles. The average molecular weight is 162 g/mol. The summed E-state index contributed by atoms with van der Waals surface area (Å²) < 4.78 is 0. The molecule has 1 nitrogen and oxygen atoms in total. The van der Waals surface area contributed by atoms with E-state index in [9.17, 15) is 0 Å². The molecule has 0 bridgehead atoms. The summed E-state index contributed by atoms with van der Waals surface area (Å²) in [5.41, 5.74) is 3.43. The fraction of sp³-hybridized carbons (Fsp3) is 0. The number of hydrogen-bond acceptors (Lipinski definition) is 1. The van der Waals surface area contributed by atoms with E-state index in [1.807, 2.05) is 18.2 Å². The highest BCUT2D eigenvalue weighted by molar-refractivity contribution is 6.31. The number of aromatic nitrogens is 1. The Bertz CT molecular complexity index is 462. The van der Waals surface area contributed by atoms with Gasteiger partial charge in [-0.1, -0.05) is 17.7 Å².